The molecule has 0 aromatic rings. The zero-order valence-corrected chi connectivity index (χ0v) is 10.7. The van der Waals surface area contributed by atoms with Crippen LogP contribution in [0.5, 0.6) is 0 Å². The zero-order chi connectivity index (χ0) is 11.8. The summed E-state index contributed by atoms with van der Waals surface area (Å²) >= 11 is 0. The van der Waals surface area contributed by atoms with Gasteiger partial charge in [0.25, 0.3) is 0 Å². The van der Waals surface area contributed by atoms with E-state index in [1.54, 1.807) is 0 Å². The number of rotatable bonds is 7. The molecule has 0 bridgehead atoms. The summed E-state index contributed by atoms with van der Waals surface area (Å²) in [6.07, 6.45) is 5.07. The summed E-state index contributed by atoms with van der Waals surface area (Å²) in [6.45, 7) is 6.42. The molecule has 0 atom stereocenters. The maximum Gasteiger partial charge on any atom is 0.0452 e. The minimum Gasteiger partial charge on any atom is -0.330 e. The van der Waals surface area contributed by atoms with E-state index in [2.05, 4.69) is 16.8 Å². The summed E-state index contributed by atoms with van der Waals surface area (Å²) in [5.41, 5.74) is 11.1. The van der Waals surface area contributed by atoms with Crippen LogP contribution < -0.4 is 11.5 Å². The highest BCUT2D eigenvalue weighted by Crippen LogP contribution is 2.17. The lowest BCUT2D eigenvalue weighted by Crippen LogP contribution is -2.39. The number of hydrogen-bond donors (Lipinski definition) is 2. The van der Waals surface area contributed by atoms with Gasteiger partial charge in [0.1, 0.15) is 0 Å². The van der Waals surface area contributed by atoms with Gasteiger partial charge >= 0.3 is 0 Å². The van der Waals surface area contributed by atoms with Crippen LogP contribution in [-0.4, -0.2) is 56.2 Å². The highest BCUT2D eigenvalue weighted by atomic mass is 15.2. The van der Waals surface area contributed by atoms with Crippen LogP contribution in [0, 0.1) is 5.92 Å². The molecular formula is C12H28N4. The standard InChI is InChI=1S/C12H28N4/c1-15(11-14)10-12-4-8-16(9-5-12)7-3-2-6-13/h12H,2-11,13-14H2,1H3. The normalized spacial score (nSPS) is 19.5. The Hall–Kier alpha value is -0.160. The Morgan fingerprint density at radius 1 is 1.19 bits per heavy atom. The van der Waals surface area contributed by atoms with Crippen LogP contribution in [0.1, 0.15) is 25.7 Å². The van der Waals surface area contributed by atoms with Crippen LogP contribution in [0.25, 0.3) is 0 Å². The van der Waals surface area contributed by atoms with Gasteiger partial charge in [-0.15, -0.1) is 0 Å². The predicted octanol–water partition coefficient (Wildman–Crippen LogP) is 0.285. The van der Waals surface area contributed by atoms with Crippen molar-refractivity contribution in [3.8, 4) is 0 Å². The number of piperidine rings is 1. The Bertz CT molecular complexity index is 166. The quantitative estimate of drug-likeness (QED) is 0.485. The zero-order valence-electron chi connectivity index (χ0n) is 10.7. The van der Waals surface area contributed by atoms with Crippen molar-refractivity contribution < 1.29 is 0 Å². The lowest BCUT2D eigenvalue weighted by atomic mass is 9.96. The van der Waals surface area contributed by atoms with E-state index >= 15 is 0 Å². The van der Waals surface area contributed by atoms with Crippen molar-refractivity contribution in [3.63, 3.8) is 0 Å². The molecule has 4 N–H and O–H groups in total. The minimum absolute atomic E-state index is 0.677. The lowest BCUT2D eigenvalue weighted by molar-refractivity contribution is 0.154. The molecule has 0 aliphatic carbocycles. The molecule has 4 nitrogen and oxygen atoms in total. The minimum atomic E-state index is 0.677. The van der Waals surface area contributed by atoms with Crippen molar-refractivity contribution in [2.75, 3.05) is 46.4 Å². The SMILES string of the molecule is CN(CN)CC1CCN(CCCCN)CC1. The Kier molecular flexibility index (Phi) is 6.96. The van der Waals surface area contributed by atoms with Crippen LogP contribution in [0.15, 0.2) is 0 Å². The Morgan fingerprint density at radius 2 is 1.88 bits per heavy atom. The number of likely N-dealkylation sites (tertiary alicyclic amines) is 1. The molecule has 4 heteroatoms. The molecule has 1 aliphatic heterocycles. The third kappa shape index (κ3) is 5.25. The second kappa shape index (κ2) is 8.01. The van der Waals surface area contributed by atoms with Gasteiger partial charge in [-0.1, -0.05) is 0 Å². The van der Waals surface area contributed by atoms with Crippen LogP contribution >= 0.6 is 0 Å². The van der Waals surface area contributed by atoms with Gasteiger partial charge in [0, 0.05) is 13.2 Å². The maximum atomic E-state index is 5.60. The van der Waals surface area contributed by atoms with Crippen molar-refractivity contribution in [1.82, 2.24) is 9.80 Å². The van der Waals surface area contributed by atoms with E-state index in [9.17, 15) is 0 Å². The van der Waals surface area contributed by atoms with Gasteiger partial charge in [0.05, 0.1) is 0 Å². The first-order chi connectivity index (χ1) is 7.76. The molecule has 0 unspecified atom stereocenters. The van der Waals surface area contributed by atoms with Crippen LogP contribution in [0.4, 0.5) is 0 Å². The van der Waals surface area contributed by atoms with Crippen molar-refractivity contribution >= 4 is 0 Å². The largest absolute Gasteiger partial charge is 0.330 e. The third-order valence-corrected chi connectivity index (χ3v) is 3.52. The molecule has 0 amide bonds. The van der Waals surface area contributed by atoms with E-state index in [0.717, 1.165) is 25.4 Å². The van der Waals surface area contributed by atoms with Crippen molar-refractivity contribution in [2.45, 2.75) is 25.7 Å². The fourth-order valence-corrected chi connectivity index (χ4v) is 2.39. The van der Waals surface area contributed by atoms with E-state index < -0.39 is 0 Å². The first-order valence-electron chi connectivity index (χ1n) is 6.57. The monoisotopic (exact) mass is 228 g/mol. The summed E-state index contributed by atoms with van der Waals surface area (Å²) < 4.78 is 0. The van der Waals surface area contributed by atoms with Gasteiger partial charge in [-0.05, 0) is 64.8 Å². The topological polar surface area (TPSA) is 58.5 Å². The highest BCUT2D eigenvalue weighted by molar-refractivity contribution is 4.74. The first-order valence-corrected chi connectivity index (χ1v) is 6.57. The van der Waals surface area contributed by atoms with E-state index in [1.807, 2.05) is 0 Å². The van der Waals surface area contributed by atoms with Crippen LogP contribution in [0.2, 0.25) is 0 Å². The molecule has 1 saturated heterocycles. The molecule has 1 rings (SSSR count). The Labute approximate surface area is 99.9 Å². The summed E-state index contributed by atoms with van der Waals surface area (Å²) in [5.74, 6) is 0.847. The summed E-state index contributed by atoms with van der Waals surface area (Å²) in [7, 11) is 2.10. The van der Waals surface area contributed by atoms with E-state index in [-0.39, 0.29) is 0 Å². The fourth-order valence-electron chi connectivity index (χ4n) is 2.39. The fraction of sp³-hybridized carbons (Fsp3) is 1.00. The van der Waals surface area contributed by atoms with Crippen molar-refractivity contribution in [1.29, 1.82) is 0 Å². The molecular weight excluding hydrogens is 200 g/mol. The summed E-state index contributed by atoms with van der Waals surface area (Å²) in [6, 6.07) is 0. The predicted molar refractivity (Wildman–Crippen MR) is 69.1 cm³/mol. The molecule has 0 saturated carbocycles. The smallest absolute Gasteiger partial charge is 0.0452 e. The van der Waals surface area contributed by atoms with E-state index in [1.165, 1.54) is 38.9 Å². The van der Waals surface area contributed by atoms with E-state index in [0.29, 0.717) is 6.67 Å². The van der Waals surface area contributed by atoms with E-state index in [4.69, 9.17) is 11.5 Å². The van der Waals surface area contributed by atoms with Gasteiger partial charge in [-0.2, -0.15) is 0 Å². The van der Waals surface area contributed by atoms with Gasteiger partial charge in [0.15, 0.2) is 0 Å². The second-order valence-corrected chi connectivity index (χ2v) is 5.00. The van der Waals surface area contributed by atoms with Gasteiger partial charge in [0.2, 0.25) is 0 Å². The average Bonchev–Trinajstić information content (AvgIpc) is 2.31. The van der Waals surface area contributed by atoms with Crippen molar-refractivity contribution in [2.24, 2.45) is 17.4 Å². The molecule has 1 fully saturated rings. The molecule has 1 aliphatic rings. The number of nitrogens with zero attached hydrogens (tertiary/aromatic N) is 2. The molecule has 96 valence electrons. The van der Waals surface area contributed by atoms with Gasteiger partial charge in [-0.25, -0.2) is 0 Å². The van der Waals surface area contributed by atoms with Crippen molar-refractivity contribution in [3.05, 3.63) is 0 Å². The Balaban J connectivity index is 2.08. The van der Waals surface area contributed by atoms with Crippen LogP contribution in [-0.2, 0) is 0 Å². The summed E-state index contributed by atoms with van der Waals surface area (Å²) in [4.78, 5) is 4.79. The first kappa shape index (κ1) is 13.9. The van der Waals surface area contributed by atoms with Gasteiger partial charge < -0.3 is 16.4 Å². The lowest BCUT2D eigenvalue weighted by Gasteiger charge is -2.33. The van der Waals surface area contributed by atoms with Gasteiger partial charge in [-0.3, -0.25) is 4.90 Å². The average molecular weight is 228 g/mol. The third-order valence-electron chi connectivity index (χ3n) is 3.52. The van der Waals surface area contributed by atoms with Crippen LogP contribution in [0.3, 0.4) is 0 Å². The number of nitrogens with two attached hydrogens (primary N) is 2. The number of hydrogen-bond acceptors (Lipinski definition) is 4. The Morgan fingerprint density at radius 3 is 2.44 bits per heavy atom. The molecule has 16 heavy (non-hydrogen) atoms. The molecule has 0 spiro atoms. The molecule has 0 radical (unpaired) electrons. The molecule has 1 heterocycles. The highest BCUT2D eigenvalue weighted by Gasteiger charge is 2.19. The second-order valence-electron chi connectivity index (χ2n) is 5.00. The maximum absolute atomic E-state index is 5.60. The number of unbranched alkanes of at least 4 members (excludes halogenated alkanes) is 1. The summed E-state index contributed by atoms with van der Waals surface area (Å²) in [5, 5.41) is 0. The molecule has 0 aromatic heterocycles. The molecule has 0 aromatic carbocycles.